The molecule has 1 N–H and O–H groups in total. The number of methoxy groups -OCH3 is 1. The minimum Gasteiger partial charge on any atom is -0.465 e. The zero-order chi connectivity index (χ0) is 18.6. The Hall–Kier alpha value is -1.69. The largest absolute Gasteiger partial charge is 0.465 e. The van der Waals surface area contributed by atoms with Gasteiger partial charge < -0.3 is 10.1 Å². The van der Waals surface area contributed by atoms with Crippen LogP contribution in [0.4, 0.5) is 5.69 Å². The van der Waals surface area contributed by atoms with Gasteiger partial charge in [-0.25, -0.2) is 4.79 Å². The van der Waals surface area contributed by atoms with Crippen LogP contribution in [0.3, 0.4) is 0 Å². The number of esters is 1. The van der Waals surface area contributed by atoms with Crippen molar-refractivity contribution < 1.29 is 19.1 Å². The van der Waals surface area contributed by atoms with E-state index in [4.69, 9.17) is 4.74 Å². The fourth-order valence-electron chi connectivity index (χ4n) is 4.57. The van der Waals surface area contributed by atoms with E-state index in [0.29, 0.717) is 24.1 Å². The van der Waals surface area contributed by atoms with Crippen LogP contribution in [-0.2, 0) is 14.3 Å². The summed E-state index contributed by atoms with van der Waals surface area (Å²) in [4.78, 5) is 37.5. The van der Waals surface area contributed by atoms with Crippen LogP contribution in [0, 0.1) is 16.2 Å². The predicted octanol–water partition coefficient (Wildman–Crippen LogP) is 3.57. The average molecular weight is 408 g/mol. The van der Waals surface area contributed by atoms with Gasteiger partial charge in [-0.1, -0.05) is 48.8 Å². The summed E-state index contributed by atoms with van der Waals surface area (Å²) in [6.45, 7) is 5.93. The molecule has 2 fully saturated rings. The first-order valence-electron chi connectivity index (χ1n) is 8.30. The van der Waals surface area contributed by atoms with Crippen LogP contribution >= 0.6 is 15.9 Å². The van der Waals surface area contributed by atoms with Crippen LogP contribution < -0.4 is 5.32 Å². The first kappa shape index (κ1) is 18.1. The van der Waals surface area contributed by atoms with Gasteiger partial charge in [0.15, 0.2) is 5.78 Å². The molecule has 0 aliphatic heterocycles. The number of ether oxygens (including phenoxy) is 1. The maximum absolute atomic E-state index is 13.3. The van der Waals surface area contributed by atoms with Crippen molar-refractivity contribution in [2.45, 2.75) is 38.4 Å². The molecule has 0 heterocycles. The molecule has 2 aliphatic rings. The third kappa shape index (κ3) is 2.09. The highest BCUT2D eigenvalue weighted by Crippen LogP contribution is 2.72. The van der Waals surface area contributed by atoms with Gasteiger partial charge in [0.05, 0.1) is 28.6 Å². The number of halogens is 1. The minimum atomic E-state index is -0.845. The zero-order valence-electron chi connectivity index (χ0n) is 14.8. The lowest BCUT2D eigenvalue weighted by atomic mass is 9.64. The fraction of sp³-hybridized carbons (Fsp3) is 0.526. The highest BCUT2D eigenvalue weighted by atomic mass is 79.9. The van der Waals surface area contributed by atoms with Crippen LogP contribution in [0.15, 0.2) is 24.3 Å². The quantitative estimate of drug-likeness (QED) is 0.613. The Balaban J connectivity index is 2.00. The Morgan fingerprint density at radius 1 is 1.20 bits per heavy atom. The van der Waals surface area contributed by atoms with E-state index in [1.165, 1.54) is 7.11 Å². The standard InChI is InChI=1S/C19H22BrNO4/c1-17(2)18(3)9-10-19(17,13(20)14(18)22)16(24)21-12-8-6-5-7-11(12)15(23)25-4/h5-8,13H,9-10H2,1-4H3,(H,21,24)/t13-,18-,19-/m1/s1. The molecule has 1 amide bonds. The molecule has 0 spiro atoms. The third-order valence-corrected chi connectivity index (χ3v) is 7.90. The number of hydrogen-bond acceptors (Lipinski definition) is 4. The number of anilines is 1. The van der Waals surface area contributed by atoms with Gasteiger partial charge in [0.1, 0.15) is 0 Å². The molecule has 5 nitrogen and oxygen atoms in total. The van der Waals surface area contributed by atoms with E-state index < -0.39 is 27.0 Å². The first-order valence-corrected chi connectivity index (χ1v) is 9.22. The van der Waals surface area contributed by atoms with Gasteiger partial charge in [-0.2, -0.15) is 0 Å². The van der Waals surface area contributed by atoms with Crippen molar-refractivity contribution in [2.75, 3.05) is 12.4 Å². The second kappa shape index (κ2) is 5.66. The van der Waals surface area contributed by atoms with Gasteiger partial charge in [-0.05, 0) is 30.4 Å². The van der Waals surface area contributed by atoms with Crippen molar-refractivity contribution in [3.63, 3.8) is 0 Å². The number of carbonyl (C=O) groups excluding carboxylic acids is 3. The van der Waals surface area contributed by atoms with Gasteiger partial charge in [0.25, 0.3) is 0 Å². The van der Waals surface area contributed by atoms with E-state index in [-0.39, 0.29) is 11.7 Å². The summed E-state index contributed by atoms with van der Waals surface area (Å²) < 4.78 is 4.79. The summed E-state index contributed by atoms with van der Waals surface area (Å²) in [5, 5.41) is 2.89. The average Bonchev–Trinajstić information content (AvgIpc) is 2.86. The first-order chi connectivity index (χ1) is 11.6. The number of fused-ring (bicyclic) bond motifs is 2. The Bertz CT molecular complexity index is 774. The molecule has 0 saturated heterocycles. The highest BCUT2D eigenvalue weighted by Gasteiger charge is 2.76. The number of benzene rings is 1. The van der Waals surface area contributed by atoms with Crippen LogP contribution in [0.1, 0.15) is 44.0 Å². The molecule has 6 heteroatoms. The van der Waals surface area contributed by atoms with Crippen LogP contribution in [-0.4, -0.2) is 29.6 Å². The topological polar surface area (TPSA) is 72.5 Å². The summed E-state index contributed by atoms with van der Waals surface area (Å²) in [6.07, 6.45) is 1.32. The third-order valence-electron chi connectivity index (χ3n) is 6.71. The smallest absolute Gasteiger partial charge is 0.339 e. The molecule has 2 bridgehead atoms. The van der Waals surface area contributed by atoms with Crippen molar-refractivity contribution in [1.29, 1.82) is 0 Å². The Morgan fingerprint density at radius 3 is 2.40 bits per heavy atom. The highest BCUT2D eigenvalue weighted by molar-refractivity contribution is 9.10. The molecule has 2 saturated carbocycles. The number of nitrogens with one attached hydrogen (secondary N) is 1. The number of amides is 1. The molecule has 3 rings (SSSR count). The van der Waals surface area contributed by atoms with Crippen molar-refractivity contribution in [3.8, 4) is 0 Å². The van der Waals surface area contributed by atoms with Crippen molar-refractivity contribution in [1.82, 2.24) is 0 Å². The number of ketones is 1. The zero-order valence-corrected chi connectivity index (χ0v) is 16.4. The SMILES string of the molecule is COC(=O)c1ccccc1NC(=O)[C@@]12CC[C@](C)(C(=O)[C@H]1Br)C2(C)C. The lowest BCUT2D eigenvalue weighted by molar-refractivity contribution is -0.130. The molecule has 134 valence electrons. The summed E-state index contributed by atoms with van der Waals surface area (Å²) in [5.41, 5.74) is -1.17. The number of Topliss-reactive ketones (excluding diaryl/α,β-unsaturated/α-hetero) is 1. The lowest BCUT2D eigenvalue weighted by Gasteiger charge is -2.39. The van der Waals surface area contributed by atoms with Gasteiger partial charge in [0, 0.05) is 5.41 Å². The number of alkyl halides is 1. The molecule has 1 aromatic rings. The fourth-order valence-corrected chi connectivity index (χ4v) is 6.08. The molecular formula is C19H22BrNO4. The van der Waals surface area contributed by atoms with Gasteiger partial charge in [0.2, 0.25) is 5.91 Å². The van der Waals surface area contributed by atoms with Crippen LogP contribution in [0.5, 0.6) is 0 Å². The van der Waals surface area contributed by atoms with Crippen molar-refractivity contribution in [2.24, 2.45) is 16.2 Å². The minimum absolute atomic E-state index is 0.0835. The maximum Gasteiger partial charge on any atom is 0.339 e. The van der Waals surface area contributed by atoms with E-state index >= 15 is 0 Å². The molecule has 3 atom stereocenters. The van der Waals surface area contributed by atoms with Crippen molar-refractivity contribution in [3.05, 3.63) is 29.8 Å². The molecule has 1 aromatic carbocycles. The molecule has 25 heavy (non-hydrogen) atoms. The van der Waals surface area contributed by atoms with Crippen molar-refractivity contribution >= 4 is 39.3 Å². The van der Waals surface area contributed by atoms with Crippen LogP contribution in [0.25, 0.3) is 0 Å². The van der Waals surface area contributed by atoms with E-state index in [1.807, 2.05) is 20.8 Å². The Labute approximate surface area is 155 Å². The monoisotopic (exact) mass is 407 g/mol. The second-order valence-corrected chi connectivity index (χ2v) is 8.56. The number of para-hydroxylation sites is 1. The molecule has 2 aliphatic carbocycles. The Kier molecular flexibility index (Phi) is 4.10. The van der Waals surface area contributed by atoms with E-state index in [2.05, 4.69) is 21.2 Å². The molecule has 0 radical (unpaired) electrons. The normalized spacial score (nSPS) is 32.5. The molecule has 0 unspecified atom stereocenters. The second-order valence-electron chi connectivity index (χ2n) is 7.65. The maximum atomic E-state index is 13.3. The summed E-state index contributed by atoms with van der Waals surface area (Å²) in [6, 6.07) is 6.73. The van der Waals surface area contributed by atoms with Gasteiger partial charge >= 0.3 is 5.97 Å². The number of carbonyl (C=O) groups is 3. The lowest BCUT2D eigenvalue weighted by Crippen LogP contribution is -2.48. The molecular weight excluding hydrogens is 386 g/mol. The summed E-state index contributed by atoms with van der Waals surface area (Å²) in [5.74, 6) is -0.660. The summed E-state index contributed by atoms with van der Waals surface area (Å²) >= 11 is 3.50. The van der Waals surface area contributed by atoms with Gasteiger partial charge in [-0.3, -0.25) is 9.59 Å². The summed E-state index contributed by atoms with van der Waals surface area (Å²) in [7, 11) is 1.30. The van der Waals surface area contributed by atoms with E-state index in [0.717, 1.165) is 0 Å². The molecule has 0 aromatic heterocycles. The number of hydrogen-bond donors (Lipinski definition) is 1. The van der Waals surface area contributed by atoms with Gasteiger partial charge in [-0.15, -0.1) is 0 Å². The van der Waals surface area contributed by atoms with E-state index in [9.17, 15) is 14.4 Å². The Morgan fingerprint density at radius 2 is 1.84 bits per heavy atom. The van der Waals surface area contributed by atoms with Crippen LogP contribution in [0.2, 0.25) is 0 Å². The predicted molar refractivity (Wildman–Crippen MR) is 97.7 cm³/mol. The number of rotatable bonds is 3. The van der Waals surface area contributed by atoms with E-state index in [1.54, 1.807) is 24.3 Å².